The summed E-state index contributed by atoms with van der Waals surface area (Å²) in [7, 11) is 0. The fourth-order valence-electron chi connectivity index (χ4n) is 2.99. The monoisotopic (exact) mass is 445 g/mol. The number of nitrogens with one attached hydrogen (secondary N) is 3. The summed E-state index contributed by atoms with van der Waals surface area (Å²) in [5.41, 5.74) is 3.96. The van der Waals surface area contributed by atoms with Gasteiger partial charge in [0.1, 0.15) is 5.82 Å². The van der Waals surface area contributed by atoms with Crippen molar-refractivity contribution in [3.63, 3.8) is 0 Å². The highest BCUT2D eigenvalue weighted by Crippen LogP contribution is 2.23. The summed E-state index contributed by atoms with van der Waals surface area (Å²) in [6.07, 6.45) is 1.92. The maximum Gasteiger partial charge on any atom is 0.234 e. The lowest BCUT2D eigenvalue weighted by Gasteiger charge is -2.08. The van der Waals surface area contributed by atoms with Gasteiger partial charge in [-0.05, 0) is 50.6 Å². The van der Waals surface area contributed by atoms with Gasteiger partial charge in [-0.1, -0.05) is 29.8 Å². The Morgan fingerprint density at radius 3 is 2.38 bits per heavy atom. The van der Waals surface area contributed by atoms with Gasteiger partial charge in [0.05, 0.1) is 6.42 Å². The number of anilines is 5. The Balaban J connectivity index is 1.40. The van der Waals surface area contributed by atoms with E-state index < -0.39 is 0 Å². The van der Waals surface area contributed by atoms with E-state index in [1.54, 1.807) is 13.1 Å². The molecule has 8 nitrogen and oxygen atoms in total. The molecule has 0 radical (unpaired) electrons. The smallest absolute Gasteiger partial charge is 0.234 e. The molecule has 3 N–H and O–H groups in total. The van der Waals surface area contributed by atoms with Gasteiger partial charge in [0.2, 0.25) is 17.8 Å². The Morgan fingerprint density at radius 2 is 1.62 bits per heavy atom. The zero-order valence-corrected chi connectivity index (χ0v) is 18.8. The number of nitrogens with zero attached hydrogens (tertiary/aromatic N) is 4. The fraction of sp³-hybridized carbons (Fsp3) is 0.174. The molecule has 0 atom stereocenters. The minimum atomic E-state index is -0.0929. The van der Waals surface area contributed by atoms with Crippen LogP contribution in [0.25, 0.3) is 0 Å². The molecule has 2 aromatic carbocycles. The molecule has 0 saturated heterocycles. The first-order chi connectivity index (χ1) is 15.4. The van der Waals surface area contributed by atoms with E-state index in [0.29, 0.717) is 22.9 Å². The SMILES string of the molecule is Cc1ccc(NC(=O)Cc2cnc(Nc3nc(C)nc(Nc4cccc(C)c4)n3)s2)cc1. The van der Waals surface area contributed by atoms with Crippen molar-refractivity contribution >= 4 is 45.6 Å². The van der Waals surface area contributed by atoms with Gasteiger partial charge < -0.3 is 10.6 Å². The first-order valence-corrected chi connectivity index (χ1v) is 10.9. The number of hydrogen-bond donors (Lipinski definition) is 3. The number of benzene rings is 2. The lowest BCUT2D eigenvalue weighted by molar-refractivity contribution is -0.115. The van der Waals surface area contributed by atoms with E-state index in [4.69, 9.17) is 0 Å². The fourth-order valence-corrected chi connectivity index (χ4v) is 3.79. The molecular weight excluding hydrogens is 422 g/mol. The zero-order chi connectivity index (χ0) is 22.5. The van der Waals surface area contributed by atoms with Crippen molar-refractivity contribution in [2.24, 2.45) is 0 Å². The van der Waals surface area contributed by atoms with Crippen molar-refractivity contribution < 1.29 is 4.79 Å². The van der Waals surface area contributed by atoms with E-state index >= 15 is 0 Å². The molecule has 2 aromatic heterocycles. The molecule has 9 heteroatoms. The molecule has 4 aromatic rings. The third-order valence-corrected chi connectivity index (χ3v) is 5.38. The van der Waals surface area contributed by atoms with E-state index in [-0.39, 0.29) is 12.3 Å². The van der Waals surface area contributed by atoms with Crippen molar-refractivity contribution in [2.75, 3.05) is 16.0 Å². The van der Waals surface area contributed by atoms with E-state index in [9.17, 15) is 4.79 Å². The Morgan fingerprint density at radius 1 is 0.875 bits per heavy atom. The van der Waals surface area contributed by atoms with Gasteiger partial charge in [0.15, 0.2) is 5.13 Å². The largest absolute Gasteiger partial charge is 0.326 e. The Bertz CT molecular complexity index is 1240. The molecule has 32 heavy (non-hydrogen) atoms. The van der Waals surface area contributed by atoms with Crippen LogP contribution in [0.3, 0.4) is 0 Å². The molecule has 162 valence electrons. The summed E-state index contributed by atoms with van der Waals surface area (Å²) in [5.74, 6) is 1.31. The highest BCUT2D eigenvalue weighted by molar-refractivity contribution is 7.15. The van der Waals surface area contributed by atoms with Crippen molar-refractivity contribution in [3.8, 4) is 0 Å². The highest BCUT2D eigenvalue weighted by atomic mass is 32.1. The second-order valence-corrected chi connectivity index (χ2v) is 8.49. The van der Waals surface area contributed by atoms with Gasteiger partial charge in [-0.2, -0.15) is 15.0 Å². The zero-order valence-electron chi connectivity index (χ0n) is 18.0. The van der Waals surface area contributed by atoms with Crippen molar-refractivity contribution in [3.05, 3.63) is 76.6 Å². The molecule has 2 heterocycles. The van der Waals surface area contributed by atoms with Crippen LogP contribution in [0.15, 0.2) is 54.7 Å². The van der Waals surface area contributed by atoms with E-state index in [0.717, 1.165) is 27.4 Å². The van der Waals surface area contributed by atoms with Gasteiger partial charge >= 0.3 is 0 Å². The highest BCUT2D eigenvalue weighted by Gasteiger charge is 2.11. The number of amides is 1. The first-order valence-electron chi connectivity index (χ1n) is 10.1. The minimum Gasteiger partial charge on any atom is -0.326 e. The molecule has 0 bridgehead atoms. The molecule has 0 aliphatic carbocycles. The Labute approximate surface area is 190 Å². The predicted molar refractivity (Wildman–Crippen MR) is 128 cm³/mol. The summed E-state index contributed by atoms with van der Waals surface area (Å²) in [6.45, 7) is 5.84. The van der Waals surface area contributed by atoms with Crippen LogP contribution in [-0.2, 0) is 11.2 Å². The molecule has 0 aliphatic heterocycles. The average Bonchev–Trinajstić information content (AvgIpc) is 3.15. The topological polar surface area (TPSA) is 105 Å². The number of aryl methyl sites for hydroxylation is 3. The quantitative estimate of drug-likeness (QED) is 0.371. The summed E-state index contributed by atoms with van der Waals surface area (Å²) < 4.78 is 0. The second kappa shape index (κ2) is 9.52. The van der Waals surface area contributed by atoms with Crippen LogP contribution in [0, 0.1) is 20.8 Å². The number of thiazole rings is 1. The molecule has 0 saturated carbocycles. The number of carbonyl (C=O) groups is 1. The van der Waals surface area contributed by atoms with Crippen LogP contribution in [0.4, 0.5) is 28.4 Å². The Hall–Kier alpha value is -3.85. The predicted octanol–water partition coefficient (Wildman–Crippen LogP) is 4.92. The summed E-state index contributed by atoms with van der Waals surface area (Å²) >= 11 is 1.38. The van der Waals surface area contributed by atoms with Gasteiger partial charge in [-0.15, -0.1) is 11.3 Å². The number of hydrogen-bond acceptors (Lipinski definition) is 8. The lowest BCUT2D eigenvalue weighted by Crippen LogP contribution is -2.13. The number of carbonyl (C=O) groups excluding carboxylic acids is 1. The van der Waals surface area contributed by atoms with Crippen molar-refractivity contribution in [1.82, 2.24) is 19.9 Å². The maximum absolute atomic E-state index is 12.3. The lowest BCUT2D eigenvalue weighted by atomic mass is 10.2. The normalized spacial score (nSPS) is 10.6. The number of aromatic nitrogens is 4. The van der Waals surface area contributed by atoms with E-state index in [2.05, 4.69) is 35.9 Å². The summed E-state index contributed by atoms with van der Waals surface area (Å²) in [4.78, 5) is 30.6. The van der Waals surface area contributed by atoms with Crippen molar-refractivity contribution in [1.29, 1.82) is 0 Å². The third-order valence-electron chi connectivity index (χ3n) is 4.46. The maximum atomic E-state index is 12.3. The van der Waals surface area contributed by atoms with Crippen LogP contribution in [0.1, 0.15) is 21.8 Å². The van der Waals surface area contributed by atoms with E-state index in [1.165, 1.54) is 11.3 Å². The molecule has 1 amide bonds. The standard InChI is InChI=1S/C23H23N7OS/c1-14-7-9-17(10-8-14)27-20(31)12-19-13-24-23(32-19)30-22-26-16(3)25-21(29-22)28-18-6-4-5-15(2)11-18/h4-11,13H,12H2,1-3H3,(H,27,31)(H2,24,25,26,28,29,30). The van der Waals surface area contributed by atoms with Gasteiger partial charge in [0.25, 0.3) is 0 Å². The third kappa shape index (κ3) is 5.86. The van der Waals surface area contributed by atoms with Crippen LogP contribution in [-0.4, -0.2) is 25.8 Å². The summed E-state index contributed by atoms with van der Waals surface area (Å²) in [6, 6.07) is 15.7. The van der Waals surface area contributed by atoms with Crippen LogP contribution < -0.4 is 16.0 Å². The molecule has 0 aliphatic rings. The van der Waals surface area contributed by atoms with Gasteiger partial charge in [0, 0.05) is 22.4 Å². The molecular formula is C23H23N7OS. The van der Waals surface area contributed by atoms with Crippen LogP contribution in [0.2, 0.25) is 0 Å². The van der Waals surface area contributed by atoms with Gasteiger partial charge in [-0.3, -0.25) is 10.1 Å². The molecule has 0 fully saturated rings. The first kappa shape index (κ1) is 21.4. The molecule has 0 unspecified atom stereocenters. The van der Waals surface area contributed by atoms with Crippen LogP contribution in [0.5, 0.6) is 0 Å². The van der Waals surface area contributed by atoms with Gasteiger partial charge in [-0.25, -0.2) is 4.98 Å². The number of rotatable bonds is 7. The molecule has 4 rings (SSSR count). The Kier molecular flexibility index (Phi) is 6.37. The average molecular weight is 446 g/mol. The second-order valence-electron chi connectivity index (χ2n) is 7.37. The summed E-state index contributed by atoms with van der Waals surface area (Å²) in [5, 5.41) is 9.81. The minimum absolute atomic E-state index is 0.0929. The van der Waals surface area contributed by atoms with Crippen LogP contribution >= 0.6 is 11.3 Å². The van der Waals surface area contributed by atoms with E-state index in [1.807, 2.05) is 62.4 Å². The molecule has 0 spiro atoms. The van der Waals surface area contributed by atoms with Crippen molar-refractivity contribution in [2.45, 2.75) is 27.2 Å².